The van der Waals surface area contributed by atoms with Gasteiger partial charge in [0, 0.05) is 17.7 Å². The van der Waals surface area contributed by atoms with Crippen LogP contribution in [0.2, 0.25) is 0 Å². The molecule has 0 aliphatic heterocycles. The lowest BCUT2D eigenvalue weighted by molar-refractivity contribution is 1.19. The van der Waals surface area contributed by atoms with Crippen molar-refractivity contribution in [3.8, 4) is 11.3 Å². The fourth-order valence-corrected chi connectivity index (χ4v) is 1.62. The molecule has 0 atom stereocenters. The van der Waals surface area contributed by atoms with Crippen LogP contribution in [-0.4, -0.2) is 15.0 Å². The van der Waals surface area contributed by atoms with Crippen LogP contribution in [0.1, 0.15) is 5.69 Å². The Morgan fingerprint density at radius 3 is 2.73 bits per heavy atom. The molecule has 0 saturated heterocycles. The molecule has 76 valence electrons. The van der Waals surface area contributed by atoms with E-state index in [2.05, 4.69) is 9.97 Å². The summed E-state index contributed by atoms with van der Waals surface area (Å²) in [6, 6.07) is 9.96. The van der Waals surface area contributed by atoms with Gasteiger partial charge >= 0.3 is 0 Å². The number of rotatable bonds is 3. The van der Waals surface area contributed by atoms with Crippen LogP contribution in [0.3, 0.4) is 0 Å². The van der Waals surface area contributed by atoms with Gasteiger partial charge in [-0.2, -0.15) is 0 Å². The van der Waals surface area contributed by atoms with Crippen LogP contribution in [0.25, 0.3) is 11.3 Å². The van der Waals surface area contributed by atoms with Gasteiger partial charge in [0.15, 0.2) is 0 Å². The van der Waals surface area contributed by atoms with Gasteiger partial charge in [-0.25, -0.2) is 4.98 Å². The second kappa shape index (κ2) is 4.23. The van der Waals surface area contributed by atoms with E-state index in [1.54, 1.807) is 6.33 Å². The van der Waals surface area contributed by atoms with Crippen LogP contribution in [0, 0.1) is 0 Å². The molecule has 1 heterocycles. The Morgan fingerprint density at radius 1 is 1.33 bits per heavy atom. The normalized spacial score (nSPS) is 10.1. The zero-order valence-electron chi connectivity index (χ0n) is 8.10. The van der Waals surface area contributed by atoms with E-state index in [9.17, 15) is 0 Å². The Bertz CT molecular complexity index is 462. The average molecular weight is 217 g/mol. The molecular weight excluding hydrogens is 206 g/mol. The molecule has 0 saturated carbocycles. The number of aromatic nitrogens is 2. The molecule has 0 radical (unpaired) electrons. The topological polar surface area (TPSA) is 54.7 Å². The molecule has 0 unspecified atom stereocenters. The van der Waals surface area contributed by atoms with Crippen LogP contribution >= 0.6 is 12.2 Å². The van der Waals surface area contributed by atoms with Gasteiger partial charge in [0.05, 0.1) is 17.0 Å². The summed E-state index contributed by atoms with van der Waals surface area (Å²) in [5, 5.41) is 0. The lowest BCUT2D eigenvalue weighted by Gasteiger charge is -2.01. The van der Waals surface area contributed by atoms with Crippen molar-refractivity contribution in [2.45, 2.75) is 6.42 Å². The second-order valence-corrected chi connectivity index (χ2v) is 3.76. The number of H-pyrrole nitrogens is 1. The van der Waals surface area contributed by atoms with E-state index < -0.39 is 0 Å². The summed E-state index contributed by atoms with van der Waals surface area (Å²) in [5.41, 5.74) is 8.47. The van der Waals surface area contributed by atoms with Gasteiger partial charge in [0.1, 0.15) is 0 Å². The number of hydrogen-bond donors (Lipinski definition) is 2. The van der Waals surface area contributed by atoms with Gasteiger partial charge < -0.3 is 10.7 Å². The third-order valence-corrected chi connectivity index (χ3v) is 2.26. The summed E-state index contributed by atoms with van der Waals surface area (Å²) in [7, 11) is 0. The molecule has 15 heavy (non-hydrogen) atoms. The van der Waals surface area contributed by atoms with E-state index in [1.165, 1.54) is 0 Å². The first kappa shape index (κ1) is 9.86. The molecule has 3 nitrogen and oxygen atoms in total. The Labute approximate surface area is 93.3 Å². The van der Waals surface area contributed by atoms with E-state index in [-0.39, 0.29) is 0 Å². The monoisotopic (exact) mass is 217 g/mol. The van der Waals surface area contributed by atoms with E-state index in [0.29, 0.717) is 11.4 Å². The third kappa shape index (κ3) is 2.22. The third-order valence-electron chi connectivity index (χ3n) is 2.12. The zero-order valence-corrected chi connectivity index (χ0v) is 8.92. The van der Waals surface area contributed by atoms with Crippen LogP contribution < -0.4 is 5.73 Å². The lowest BCUT2D eigenvalue weighted by Crippen LogP contribution is -2.11. The summed E-state index contributed by atoms with van der Waals surface area (Å²) < 4.78 is 0. The number of nitrogens with two attached hydrogens (primary N) is 1. The van der Waals surface area contributed by atoms with Gasteiger partial charge in [0.2, 0.25) is 0 Å². The molecule has 0 aliphatic rings. The Kier molecular flexibility index (Phi) is 2.78. The summed E-state index contributed by atoms with van der Waals surface area (Å²) in [6.45, 7) is 0. The number of hydrogen-bond acceptors (Lipinski definition) is 2. The van der Waals surface area contributed by atoms with Crippen molar-refractivity contribution < 1.29 is 0 Å². The van der Waals surface area contributed by atoms with Crippen molar-refractivity contribution >= 4 is 17.2 Å². The number of thiocarbonyl (C=S) groups is 1. The predicted octanol–water partition coefficient (Wildman–Crippen LogP) is 1.91. The maximum atomic E-state index is 5.51. The first-order chi connectivity index (χ1) is 7.27. The SMILES string of the molecule is NC(=S)Cc1[nH]cnc1-c1ccccc1. The van der Waals surface area contributed by atoms with Crippen LogP contribution in [0.4, 0.5) is 0 Å². The molecule has 2 aromatic rings. The van der Waals surface area contributed by atoms with Gasteiger partial charge in [-0.15, -0.1) is 0 Å². The fourth-order valence-electron chi connectivity index (χ4n) is 1.47. The van der Waals surface area contributed by atoms with Crippen LogP contribution in [-0.2, 0) is 6.42 Å². The Hall–Kier alpha value is -1.68. The second-order valence-electron chi connectivity index (χ2n) is 3.24. The highest BCUT2D eigenvalue weighted by molar-refractivity contribution is 7.80. The lowest BCUT2D eigenvalue weighted by atomic mass is 10.1. The Balaban J connectivity index is 2.37. The van der Waals surface area contributed by atoms with Crippen molar-refractivity contribution in [1.29, 1.82) is 0 Å². The van der Waals surface area contributed by atoms with Gasteiger partial charge in [-0.3, -0.25) is 0 Å². The van der Waals surface area contributed by atoms with Crippen LogP contribution in [0.5, 0.6) is 0 Å². The van der Waals surface area contributed by atoms with Crippen molar-refractivity contribution in [2.24, 2.45) is 5.73 Å². The van der Waals surface area contributed by atoms with Gasteiger partial charge in [0.25, 0.3) is 0 Å². The summed E-state index contributed by atoms with van der Waals surface area (Å²) >= 11 is 4.88. The van der Waals surface area contributed by atoms with Gasteiger partial charge in [-0.05, 0) is 0 Å². The standard InChI is InChI=1S/C11H11N3S/c12-10(15)6-9-11(14-7-13-9)8-4-2-1-3-5-8/h1-5,7H,6H2,(H2,12,15)(H,13,14). The number of nitrogens with zero attached hydrogens (tertiary/aromatic N) is 1. The largest absolute Gasteiger partial charge is 0.393 e. The summed E-state index contributed by atoms with van der Waals surface area (Å²) in [4.78, 5) is 7.79. The van der Waals surface area contributed by atoms with Crippen molar-refractivity contribution in [3.63, 3.8) is 0 Å². The minimum absolute atomic E-state index is 0.469. The van der Waals surface area contributed by atoms with E-state index >= 15 is 0 Å². The molecule has 4 heteroatoms. The van der Waals surface area contributed by atoms with Crippen LogP contribution in [0.15, 0.2) is 36.7 Å². The first-order valence-corrected chi connectivity index (χ1v) is 5.04. The number of benzene rings is 1. The molecule has 1 aromatic carbocycles. The summed E-state index contributed by atoms with van der Waals surface area (Å²) in [6.07, 6.45) is 2.22. The molecule has 0 fully saturated rings. The van der Waals surface area contributed by atoms with Crippen molar-refractivity contribution in [2.75, 3.05) is 0 Å². The number of aromatic amines is 1. The van der Waals surface area contributed by atoms with Gasteiger partial charge in [-0.1, -0.05) is 42.5 Å². The molecule has 0 bridgehead atoms. The molecular formula is C11H11N3S. The minimum atomic E-state index is 0.469. The molecule has 0 aliphatic carbocycles. The molecule has 1 aromatic heterocycles. The maximum absolute atomic E-state index is 5.51. The molecule has 0 spiro atoms. The predicted molar refractivity (Wildman–Crippen MR) is 64.5 cm³/mol. The highest BCUT2D eigenvalue weighted by Gasteiger charge is 2.08. The quantitative estimate of drug-likeness (QED) is 0.772. The molecule has 0 amide bonds. The highest BCUT2D eigenvalue weighted by atomic mass is 32.1. The smallest absolute Gasteiger partial charge is 0.0929 e. The van der Waals surface area contributed by atoms with Crippen molar-refractivity contribution in [1.82, 2.24) is 9.97 Å². The Morgan fingerprint density at radius 2 is 2.07 bits per heavy atom. The molecule has 3 N–H and O–H groups in total. The van der Waals surface area contributed by atoms with E-state index in [4.69, 9.17) is 18.0 Å². The van der Waals surface area contributed by atoms with Crippen molar-refractivity contribution in [3.05, 3.63) is 42.4 Å². The average Bonchev–Trinajstić information content (AvgIpc) is 2.66. The first-order valence-electron chi connectivity index (χ1n) is 4.63. The molecule has 2 rings (SSSR count). The maximum Gasteiger partial charge on any atom is 0.0929 e. The fraction of sp³-hybridized carbons (Fsp3) is 0.0909. The minimum Gasteiger partial charge on any atom is -0.393 e. The number of nitrogens with one attached hydrogen (secondary N) is 1. The number of imidazole rings is 1. The highest BCUT2D eigenvalue weighted by Crippen LogP contribution is 2.19. The summed E-state index contributed by atoms with van der Waals surface area (Å²) in [5.74, 6) is 0. The van der Waals surface area contributed by atoms with E-state index in [0.717, 1.165) is 17.0 Å². The van der Waals surface area contributed by atoms with E-state index in [1.807, 2.05) is 30.3 Å². The zero-order chi connectivity index (χ0) is 10.7.